The molecule has 0 aliphatic heterocycles. The van der Waals surface area contributed by atoms with Crippen LogP contribution in [-0.4, -0.2) is 12.6 Å². The van der Waals surface area contributed by atoms with Crippen LogP contribution in [0.15, 0.2) is 18.2 Å². The fraction of sp³-hybridized carbons (Fsp3) is 0.684. The maximum absolute atomic E-state index is 3.76. The van der Waals surface area contributed by atoms with E-state index in [0.29, 0.717) is 6.04 Å². The van der Waals surface area contributed by atoms with E-state index in [9.17, 15) is 0 Å². The summed E-state index contributed by atoms with van der Waals surface area (Å²) in [7, 11) is 0. The molecule has 1 atom stereocenters. The second kappa shape index (κ2) is 7.26. The maximum Gasteiger partial charge on any atom is 0.0136 e. The smallest absolute Gasteiger partial charge is 0.0136 e. The third kappa shape index (κ3) is 4.09. The van der Waals surface area contributed by atoms with Crippen LogP contribution in [0, 0.1) is 25.7 Å². The van der Waals surface area contributed by atoms with Crippen molar-refractivity contribution in [3.8, 4) is 0 Å². The Morgan fingerprint density at radius 3 is 2.50 bits per heavy atom. The van der Waals surface area contributed by atoms with Gasteiger partial charge in [-0.25, -0.2) is 0 Å². The second-order valence-corrected chi connectivity index (χ2v) is 6.82. The molecule has 0 spiro atoms. The third-order valence-corrected chi connectivity index (χ3v) is 5.04. The van der Waals surface area contributed by atoms with Crippen LogP contribution in [0.2, 0.25) is 0 Å². The largest absolute Gasteiger partial charge is 0.314 e. The molecule has 1 nitrogen and oxygen atoms in total. The molecule has 112 valence electrons. The van der Waals surface area contributed by atoms with E-state index in [1.54, 1.807) is 0 Å². The summed E-state index contributed by atoms with van der Waals surface area (Å²) in [5.41, 5.74) is 4.37. The first kappa shape index (κ1) is 15.6. The molecule has 1 unspecified atom stereocenters. The van der Waals surface area contributed by atoms with Crippen molar-refractivity contribution in [1.82, 2.24) is 5.32 Å². The molecule has 1 saturated carbocycles. The van der Waals surface area contributed by atoms with Crippen molar-refractivity contribution >= 4 is 0 Å². The summed E-state index contributed by atoms with van der Waals surface area (Å²) in [5, 5.41) is 3.76. The Morgan fingerprint density at radius 2 is 1.85 bits per heavy atom. The van der Waals surface area contributed by atoms with Crippen molar-refractivity contribution in [1.29, 1.82) is 0 Å². The first-order valence-corrected chi connectivity index (χ1v) is 8.39. The predicted octanol–water partition coefficient (Wildman–Crippen LogP) is 4.65. The zero-order valence-electron chi connectivity index (χ0n) is 13.7. The van der Waals surface area contributed by atoms with Crippen molar-refractivity contribution in [3.63, 3.8) is 0 Å². The van der Waals surface area contributed by atoms with Gasteiger partial charge in [-0.3, -0.25) is 0 Å². The van der Waals surface area contributed by atoms with Gasteiger partial charge in [-0.15, -0.1) is 0 Å². The van der Waals surface area contributed by atoms with Gasteiger partial charge in [0.1, 0.15) is 0 Å². The van der Waals surface area contributed by atoms with Gasteiger partial charge in [-0.1, -0.05) is 50.5 Å². The highest BCUT2D eigenvalue weighted by molar-refractivity contribution is 5.31. The van der Waals surface area contributed by atoms with Gasteiger partial charge >= 0.3 is 0 Å². The second-order valence-electron chi connectivity index (χ2n) is 6.82. The minimum atomic E-state index is 0.660. The quantitative estimate of drug-likeness (QED) is 0.823. The fourth-order valence-corrected chi connectivity index (χ4v) is 3.61. The van der Waals surface area contributed by atoms with Crippen LogP contribution in [0.1, 0.15) is 56.2 Å². The number of aryl methyl sites for hydroxylation is 2. The summed E-state index contributed by atoms with van der Waals surface area (Å²) in [4.78, 5) is 0. The molecule has 0 heterocycles. The highest BCUT2D eigenvalue weighted by atomic mass is 14.9. The van der Waals surface area contributed by atoms with Crippen LogP contribution in [0.3, 0.4) is 0 Å². The summed E-state index contributed by atoms with van der Waals surface area (Å²) in [6, 6.07) is 7.54. The number of hydrogen-bond donors (Lipinski definition) is 1. The molecule has 0 amide bonds. The Hall–Kier alpha value is -0.820. The van der Waals surface area contributed by atoms with E-state index in [1.165, 1.54) is 48.8 Å². The fourth-order valence-electron chi connectivity index (χ4n) is 3.61. The third-order valence-electron chi connectivity index (χ3n) is 5.04. The van der Waals surface area contributed by atoms with Crippen molar-refractivity contribution in [2.75, 3.05) is 6.54 Å². The highest BCUT2D eigenvalue weighted by Gasteiger charge is 2.25. The lowest BCUT2D eigenvalue weighted by Gasteiger charge is -2.33. The number of benzene rings is 1. The van der Waals surface area contributed by atoms with E-state index in [1.807, 2.05) is 0 Å². The molecular formula is C19H31N. The lowest BCUT2D eigenvalue weighted by Crippen LogP contribution is -2.39. The molecule has 1 aliphatic carbocycles. The molecular weight excluding hydrogens is 242 g/mol. The molecule has 0 bridgehead atoms. The maximum atomic E-state index is 3.76. The molecule has 1 fully saturated rings. The van der Waals surface area contributed by atoms with Gasteiger partial charge in [0.05, 0.1) is 0 Å². The average molecular weight is 273 g/mol. The molecule has 1 heteroatoms. The van der Waals surface area contributed by atoms with E-state index in [4.69, 9.17) is 0 Å². The van der Waals surface area contributed by atoms with Gasteiger partial charge in [-0.2, -0.15) is 0 Å². The molecule has 0 saturated heterocycles. The Bertz CT molecular complexity index is 416. The number of hydrogen-bond acceptors (Lipinski definition) is 1. The van der Waals surface area contributed by atoms with Gasteiger partial charge in [0.25, 0.3) is 0 Å². The minimum absolute atomic E-state index is 0.660. The van der Waals surface area contributed by atoms with Crippen LogP contribution in [0.25, 0.3) is 0 Å². The summed E-state index contributed by atoms with van der Waals surface area (Å²) >= 11 is 0. The first-order valence-electron chi connectivity index (χ1n) is 8.39. The summed E-state index contributed by atoms with van der Waals surface area (Å²) < 4.78 is 0. The van der Waals surface area contributed by atoms with Crippen molar-refractivity contribution in [2.45, 2.75) is 65.8 Å². The molecule has 1 aromatic carbocycles. The topological polar surface area (TPSA) is 12.0 Å². The molecule has 0 radical (unpaired) electrons. The van der Waals surface area contributed by atoms with Crippen LogP contribution >= 0.6 is 0 Å². The first-order chi connectivity index (χ1) is 9.60. The van der Waals surface area contributed by atoms with Crippen molar-refractivity contribution in [3.05, 3.63) is 34.9 Å². The Kier molecular flexibility index (Phi) is 5.65. The van der Waals surface area contributed by atoms with Gasteiger partial charge < -0.3 is 5.32 Å². The van der Waals surface area contributed by atoms with Gasteiger partial charge in [-0.05, 0) is 62.6 Å². The lowest BCUT2D eigenvalue weighted by atomic mass is 9.77. The minimum Gasteiger partial charge on any atom is -0.314 e. The number of nitrogens with one attached hydrogen (secondary N) is 1. The zero-order valence-corrected chi connectivity index (χ0v) is 13.7. The van der Waals surface area contributed by atoms with E-state index in [2.05, 4.69) is 51.2 Å². The molecule has 2 rings (SSSR count). The summed E-state index contributed by atoms with van der Waals surface area (Å²) in [6.07, 6.45) is 6.84. The molecule has 20 heavy (non-hydrogen) atoms. The Balaban J connectivity index is 2.06. The lowest BCUT2D eigenvalue weighted by molar-refractivity contribution is 0.230. The molecule has 1 aromatic rings. The number of rotatable bonds is 5. The van der Waals surface area contributed by atoms with E-state index in [-0.39, 0.29) is 0 Å². The van der Waals surface area contributed by atoms with E-state index >= 15 is 0 Å². The van der Waals surface area contributed by atoms with Crippen LogP contribution in [0.4, 0.5) is 0 Å². The molecule has 1 aliphatic rings. The monoisotopic (exact) mass is 273 g/mol. The van der Waals surface area contributed by atoms with E-state index < -0.39 is 0 Å². The van der Waals surface area contributed by atoms with Crippen LogP contribution in [-0.2, 0) is 6.42 Å². The van der Waals surface area contributed by atoms with Gasteiger partial charge in [0.15, 0.2) is 0 Å². The predicted molar refractivity (Wildman–Crippen MR) is 88.2 cm³/mol. The molecule has 0 aromatic heterocycles. The Morgan fingerprint density at radius 1 is 1.15 bits per heavy atom. The normalized spacial score (nSPS) is 24.6. The number of likely N-dealkylation sites (N-methyl/N-ethyl adjacent to an activating group) is 1. The zero-order chi connectivity index (χ0) is 14.5. The average Bonchev–Trinajstić information content (AvgIpc) is 2.43. The standard InChI is InChI=1S/C19H31N/c1-5-20-19(17-10-7-14(2)8-11-17)13-18-12-15(3)6-9-16(18)4/h6,9,12,14,17,19-20H,5,7-8,10-11,13H2,1-4H3. The van der Waals surface area contributed by atoms with Crippen molar-refractivity contribution < 1.29 is 0 Å². The van der Waals surface area contributed by atoms with Crippen LogP contribution < -0.4 is 5.32 Å². The van der Waals surface area contributed by atoms with Gasteiger partial charge in [0, 0.05) is 6.04 Å². The molecule has 1 N–H and O–H groups in total. The van der Waals surface area contributed by atoms with Crippen molar-refractivity contribution in [2.24, 2.45) is 11.8 Å². The summed E-state index contributed by atoms with van der Waals surface area (Å²) in [6.45, 7) is 10.2. The van der Waals surface area contributed by atoms with Gasteiger partial charge in [0.2, 0.25) is 0 Å². The highest BCUT2D eigenvalue weighted by Crippen LogP contribution is 2.32. The van der Waals surface area contributed by atoms with E-state index in [0.717, 1.165) is 18.4 Å². The van der Waals surface area contributed by atoms with Crippen LogP contribution in [0.5, 0.6) is 0 Å². The summed E-state index contributed by atoms with van der Waals surface area (Å²) in [5.74, 6) is 1.81. The Labute approximate surface area is 125 Å². The SMILES string of the molecule is CCNC(Cc1cc(C)ccc1C)C1CCC(C)CC1.